The minimum absolute atomic E-state index is 0.117. The first-order valence-electron chi connectivity index (χ1n) is 7.65. The van der Waals surface area contributed by atoms with Crippen LogP contribution in [0.2, 0.25) is 18.1 Å². The van der Waals surface area contributed by atoms with Gasteiger partial charge in [-0.25, -0.2) is 0 Å². The Balaban J connectivity index is 2.59. The van der Waals surface area contributed by atoms with E-state index in [1.54, 1.807) is 0 Å². The van der Waals surface area contributed by atoms with Gasteiger partial charge in [0.2, 0.25) is 0 Å². The van der Waals surface area contributed by atoms with Crippen LogP contribution in [0.3, 0.4) is 0 Å². The molecular weight excluding hydrogens is 276 g/mol. The van der Waals surface area contributed by atoms with Crippen molar-refractivity contribution >= 4 is 13.9 Å². The number of benzene rings is 1. The Morgan fingerprint density at radius 1 is 1.24 bits per heavy atom. The Morgan fingerprint density at radius 2 is 1.81 bits per heavy atom. The van der Waals surface area contributed by atoms with Crippen LogP contribution >= 0.6 is 0 Å². The lowest BCUT2D eigenvalue weighted by molar-refractivity contribution is 0.156. The maximum absolute atomic E-state index is 9.62. The predicted octanol–water partition coefficient (Wildman–Crippen LogP) is 4.72. The van der Waals surface area contributed by atoms with Crippen LogP contribution in [0, 0.1) is 5.92 Å². The van der Waals surface area contributed by atoms with Crippen molar-refractivity contribution in [3.63, 3.8) is 0 Å². The maximum Gasteiger partial charge on any atom is 0.191 e. The second kappa shape index (κ2) is 7.39. The number of aliphatic hydroxyl groups is 1. The molecule has 0 aliphatic carbocycles. The monoisotopic (exact) mass is 306 g/mol. The summed E-state index contributed by atoms with van der Waals surface area (Å²) in [5.74, 6) is 0.117. The molecule has 118 valence electrons. The van der Waals surface area contributed by atoms with Gasteiger partial charge in [-0.2, -0.15) is 0 Å². The molecule has 1 rings (SSSR count). The lowest BCUT2D eigenvalue weighted by Crippen LogP contribution is -2.42. The summed E-state index contributed by atoms with van der Waals surface area (Å²) in [6, 6.07) is 10.2. The fourth-order valence-electron chi connectivity index (χ4n) is 1.86. The second-order valence-electron chi connectivity index (χ2n) is 7.29. The molecule has 1 atom stereocenters. The van der Waals surface area contributed by atoms with Gasteiger partial charge in [0.05, 0.1) is 0 Å². The number of aliphatic hydroxyl groups excluding tert-OH is 1. The molecule has 3 heteroatoms. The van der Waals surface area contributed by atoms with E-state index in [-0.39, 0.29) is 17.6 Å². The van der Waals surface area contributed by atoms with Crippen molar-refractivity contribution in [2.24, 2.45) is 5.92 Å². The van der Waals surface area contributed by atoms with Crippen molar-refractivity contribution in [1.29, 1.82) is 0 Å². The summed E-state index contributed by atoms with van der Waals surface area (Å²) in [5.41, 5.74) is 2.21. The van der Waals surface area contributed by atoms with Crippen molar-refractivity contribution < 1.29 is 9.53 Å². The van der Waals surface area contributed by atoms with Crippen LogP contribution in [-0.4, -0.2) is 26.6 Å². The Labute approximate surface area is 131 Å². The number of allylic oxidation sites excluding steroid dienone is 1. The molecule has 0 aliphatic rings. The van der Waals surface area contributed by atoms with E-state index in [4.69, 9.17) is 4.43 Å². The Bertz CT molecular complexity index is 446. The van der Waals surface area contributed by atoms with E-state index in [9.17, 15) is 5.11 Å². The SMILES string of the molecule is C=C(C[C@@H](CO)CO[Si](C)(C)C(C)(C)C)c1ccccc1. The fraction of sp³-hybridized carbons (Fsp3) is 0.556. The molecule has 1 aromatic rings. The summed E-state index contributed by atoms with van der Waals surface area (Å²) in [6.07, 6.45) is 0.773. The largest absolute Gasteiger partial charge is 0.416 e. The zero-order valence-corrected chi connectivity index (χ0v) is 15.1. The lowest BCUT2D eigenvalue weighted by Gasteiger charge is -2.37. The molecule has 2 nitrogen and oxygen atoms in total. The molecule has 0 radical (unpaired) electrons. The van der Waals surface area contributed by atoms with Gasteiger partial charge in [-0.15, -0.1) is 0 Å². The van der Waals surface area contributed by atoms with Gasteiger partial charge < -0.3 is 9.53 Å². The van der Waals surface area contributed by atoms with E-state index in [0.29, 0.717) is 6.61 Å². The van der Waals surface area contributed by atoms with Crippen LogP contribution in [0.25, 0.3) is 5.57 Å². The highest BCUT2D eigenvalue weighted by Gasteiger charge is 2.37. The number of rotatable bonds is 7. The van der Waals surface area contributed by atoms with Crippen LogP contribution in [0.15, 0.2) is 36.9 Å². The average molecular weight is 307 g/mol. The molecule has 0 heterocycles. The molecule has 21 heavy (non-hydrogen) atoms. The molecular formula is C18H30O2Si. The van der Waals surface area contributed by atoms with E-state index in [1.807, 2.05) is 18.2 Å². The molecule has 0 fully saturated rings. The van der Waals surface area contributed by atoms with Gasteiger partial charge in [-0.3, -0.25) is 0 Å². The van der Waals surface area contributed by atoms with Gasteiger partial charge in [0.25, 0.3) is 0 Å². The molecule has 0 saturated carbocycles. The zero-order valence-electron chi connectivity index (χ0n) is 14.1. The first-order valence-corrected chi connectivity index (χ1v) is 10.6. The smallest absolute Gasteiger partial charge is 0.191 e. The topological polar surface area (TPSA) is 29.5 Å². The molecule has 0 spiro atoms. The average Bonchev–Trinajstić information content (AvgIpc) is 2.43. The molecule has 0 aliphatic heterocycles. The van der Waals surface area contributed by atoms with Gasteiger partial charge >= 0.3 is 0 Å². The van der Waals surface area contributed by atoms with Crippen LogP contribution in [0.4, 0.5) is 0 Å². The summed E-state index contributed by atoms with van der Waals surface area (Å²) in [4.78, 5) is 0. The molecule has 1 aromatic carbocycles. The fourth-order valence-corrected chi connectivity index (χ4v) is 2.94. The zero-order chi connectivity index (χ0) is 16.1. The van der Waals surface area contributed by atoms with Crippen molar-refractivity contribution in [2.45, 2.75) is 45.3 Å². The van der Waals surface area contributed by atoms with Gasteiger partial charge in [0.15, 0.2) is 8.32 Å². The van der Waals surface area contributed by atoms with Crippen molar-refractivity contribution in [3.05, 3.63) is 42.5 Å². The normalized spacial score (nSPS) is 14.0. The maximum atomic E-state index is 9.62. The van der Waals surface area contributed by atoms with Crippen molar-refractivity contribution in [2.75, 3.05) is 13.2 Å². The summed E-state index contributed by atoms with van der Waals surface area (Å²) >= 11 is 0. The summed E-state index contributed by atoms with van der Waals surface area (Å²) in [7, 11) is -1.76. The van der Waals surface area contributed by atoms with Gasteiger partial charge in [0.1, 0.15) is 0 Å². The highest BCUT2D eigenvalue weighted by Crippen LogP contribution is 2.37. The van der Waals surface area contributed by atoms with E-state index in [1.165, 1.54) is 0 Å². The van der Waals surface area contributed by atoms with Crippen LogP contribution in [0.1, 0.15) is 32.8 Å². The molecule has 0 saturated heterocycles. The molecule has 0 aromatic heterocycles. The van der Waals surface area contributed by atoms with Crippen LogP contribution in [-0.2, 0) is 4.43 Å². The molecule has 0 unspecified atom stereocenters. The summed E-state index contributed by atoms with van der Waals surface area (Å²) in [6.45, 7) is 16.1. The number of hydrogen-bond donors (Lipinski definition) is 1. The van der Waals surface area contributed by atoms with Gasteiger partial charge in [-0.1, -0.05) is 57.7 Å². The molecule has 0 amide bonds. The quantitative estimate of drug-likeness (QED) is 0.739. The first kappa shape index (κ1) is 18.1. The van der Waals surface area contributed by atoms with E-state index in [0.717, 1.165) is 17.6 Å². The Kier molecular flexibility index (Phi) is 6.38. The highest BCUT2D eigenvalue weighted by atomic mass is 28.4. The van der Waals surface area contributed by atoms with Crippen molar-refractivity contribution in [3.8, 4) is 0 Å². The Hall–Kier alpha value is -0.903. The lowest BCUT2D eigenvalue weighted by atomic mass is 9.96. The van der Waals surface area contributed by atoms with Crippen LogP contribution in [0.5, 0.6) is 0 Å². The minimum Gasteiger partial charge on any atom is -0.416 e. The third kappa shape index (κ3) is 5.42. The summed E-state index contributed by atoms with van der Waals surface area (Å²) < 4.78 is 6.22. The van der Waals surface area contributed by atoms with Gasteiger partial charge in [-0.05, 0) is 35.7 Å². The third-order valence-electron chi connectivity index (χ3n) is 4.46. The third-order valence-corrected chi connectivity index (χ3v) is 8.96. The Morgan fingerprint density at radius 3 is 2.29 bits per heavy atom. The predicted molar refractivity (Wildman–Crippen MR) is 93.8 cm³/mol. The summed E-state index contributed by atoms with van der Waals surface area (Å²) in [5, 5.41) is 9.81. The van der Waals surface area contributed by atoms with Gasteiger partial charge in [0, 0.05) is 19.1 Å². The van der Waals surface area contributed by atoms with Crippen LogP contribution < -0.4 is 0 Å². The van der Waals surface area contributed by atoms with E-state index >= 15 is 0 Å². The first-order chi connectivity index (χ1) is 9.67. The second-order valence-corrected chi connectivity index (χ2v) is 12.1. The van der Waals surface area contributed by atoms with Crippen molar-refractivity contribution in [1.82, 2.24) is 0 Å². The number of hydrogen-bond acceptors (Lipinski definition) is 2. The standard InChI is InChI=1S/C18H30O2Si/c1-15(17-10-8-7-9-11-17)12-16(13-19)14-20-21(5,6)18(2,3)4/h7-11,16,19H,1,12-14H2,2-6H3/t16-/m0/s1. The highest BCUT2D eigenvalue weighted by molar-refractivity contribution is 6.74. The molecule has 1 N–H and O–H groups in total. The van der Waals surface area contributed by atoms with E-state index in [2.05, 4.69) is 52.6 Å². The minimum atomic E-state index is -1.76. The van der Waals surface area contributed by atoms with E-state index < -0.39 is 8.32 Å². The molecule has 0 bridgehead atoms.